The lowest BCUT2D eigenvalue weighted by molar-refractivity contribution is -0.121. The maximum Gasteiger partial charge on any atom is 0.243 e. The minimum Gasteiger partial charge on any atom is -0.492 e. The molecule has 0 radical (unpaired) electrons. The number of ether oxygens (including phenoxy) is 1. The number of nitrogens with one attached hydrogen (secondary N) is 1. The Hall–Kier alpha value is -2.38. The molecule has 0 aromatic heterocycles. The van der Waals surface area contributed by atoms with Crippen LogP contribution in [0.2, 0.25) is 0 Å². The van der Waals surface area contributed by atoms with Gasteiger partial charge < -0.3 is 10.1 Å². The van der Waals surface area contributed by atoms with Crippen LogP contribution in [-0.4, -0.2) is 44.9 Å². The standard InChI is InChI=1S/C22H28N2O4S/c25-22(23-15-18-28-20-7-3-1-4-8-20)14-11-19-9-12-21(13-10-19)29(26,27)24-16-5-2-6-17-24/h1,3-4,7-10,12-13H,2,5-6,11,14-18H2,(H,23,25). The van der Waals surface area contributed by atoms with Crippen molar-refractivity contribution in [3.05, 3.63) is 60.2 Å². The van der Waals surface area contributed by atoms with Gasteiger partial charge in [-0.3, -0.25) is 4.79 Å². The zero-order valence-electron chi connectivity index (χ0n) is 16.5. The summed E-state index contributed by atoms with van der Waals surface area (Å²) in [6.07, 6.45) is 3.84. The van der Waals surface area contributed by atoms with E-state index in [4.69, 9.17) is 4.74 Å². The quantitative estimate of drug-likeness (QED) is 0.638. The lowest BCUT2D eigenvalue weighted by Crippen LogP contribution is -2.35. The zero-order valence-corrected chi connectivity index (χ0v) is 17.4. The molecule has 1 N–H and O–H groups in total. The molecule has 6 nitrogen and oxygen atoms in total. The zero-order chi connectivity index (χ0) is 20.5. The molecule has 2 aromatic carbocycles. The minimum absolute atomic E-state index is 0.0494. The smallest absolute Gasteiger partial charge is 0.243 e. The van der Waals surface area contributed by atoms with Gasteiger partial charge in [-0.1, -0.05) is 36.8 Å². The topological polar surface area (TPSA) is 75.7 Å². The van der Waals surface area contributed by atoms with Crippen molar-refractivity contribution in [2.45, 2.75) is 37.0 Å². The molecule has 0 bridgehead atoms. The van der Waals surface area contributed by atoms with Gasteiger partial charge in [0.05, 0.1) is 11.4 Å². The van der Waals surface area contributed by atoms with Crippen LogP contribution < -0.4 is 10.1 Å². The van der Waals surface area contributed by atoms with E-state index in [0.717, 1.165) is 30.6 Å². The highest BCUT2D eigenvalue weighted by molar-refractivity contribution is 7.89. The van der Waals surface area contributed by atoms with E-state index in [9.17, 15) is 13.2 Å². The summed E-state index contributed by atoms with van der Waals surface area (Å²) in [5.41, 5.74) is 0.943. The van der Waals surface area contributed by atoms with Gasteiger partial charge in [-0.05, 0) is 49.1 Å². The van der Waals surface area contributed by atoms with Crippen molar-refractivity contribution in [1.29, 1.82) is 0 Å². The van der Waals surface area contributed by atoms with Gasteiger partial charge in [-0.2, -0.15) is 4.31 Å². The van der Waals surface area contributed by atoms with Crippen LogP contribution in [0.4, 0.5) is 0 Å². The number of rotatable bonds is 9. The molecule has 0 aliphatic carbocycles. The van der Waals surface area contributed by atoms with Crippen molar-refractivity contribution >= 4 is 15.9 Å². The van der Waals surface area contributed by atoms with Crippen LogP contribution in [0.5, 0.6) is 5.75 Å². The Morgan fingerprint density at radius 2 is 1.66 bits per heavy atom. The molecule has 1 heterocycles. The minimum atomic E-state index is -3.41. The number of hydrogen-bond acceptors (Lipinski definition) is 4. The number of sulfonamides is 1. The highest BCUT2D eigenvalue weighted by atomic mass is 32.2. The van der Waals surface area contributed by atoms with Gasteiger partial charge in [-0.25, -0.2) is 8.42 Å². The molecular formula is C22H28N2O4S. The molecule has 156 valence electrons. The first-order valence-electron chi connectivity index (χ1n) is 10.1. The van der Waals surface area contributed by atoms with Crippen molar-refractivity contribution in [3.8, 4) is 5.75 Å². The van der Waals surface area contributed by atoms with E-state index >= 15 is 0 Å². The Bertz CT molecular complexity index is 877. The van der Waals surface area contributed by atoms with Crippen molar-refractivity contribution in [2.24, 2.45) is 0 Å². The van der Waals surface area contributed by atoms with E-state index in [1.807, 2.05) is 30.3 Å². The number of para-hydroxylation sites is 1. The van der Waals surface area contributed by atoms with Crippen molar-refractivity contribution in [2.75, 3.05) is 26.2 Å². The number of hydrogen-bond donors (Lipinski definition) is 1. The molecule has 7 heteroatoms. The third-order valence-electron chi connectivity index (χ3n) is 4.95. The average Bonchev–Trinajstić information content (AvgIpc) is 2.77. The molecule has 0 atom stereocenters. The summed E-state index contributed by atoms with van der Waals surface area (Å²) in [6.45, 7) is 2.05. The first-order valence-corrected chi connectivity index (χ1v) is 11.5. The number of nitrogens with zero attached hydrogens (tertiary/aromatic N) is 1. The van der Waals surface area contributed by atoms with Crippen LogP contribution in [0.15, 0.2) is 59.5 Å². The predicted octanol–water partition coefficient (Wildman–Crippen LogP) is 2.99. The monoisotopic (exact) mass is 416 g/mol. The van der Waals surface area contributed by atoms with Crippen LogP contribution in [0, 0.1) is 0 Å². The molecule has 1 saturated heterocycles. The van der Waals surface area contributed by atoms with Gasteiger partial charge in [0.15, 0.2) is 0 Å². The first-order chi connectivity index (χ1) is 14.1. The Morgan fingerprint density at radius 3 is 2.34 bits per heavy atom. The number of carbonyl (C=O) groups excluding carboxylic acids is 1. The van der Waals surface area contributed by atoms with Crippen molar-refractivity contribution in [3.63, 3.8) is 0 Å². The molecular weight excluding hydrogens is 388 g/mol. The molecule has 1 aliphatic heterocycles. The van der Waals surface area contributed by atoms with Gasteiger partial charge >= 0.3 is 0 Å². The number of aryl methyl sites for hydroxylation is 1. The molecule has 0 saturated carbocycles. The summed E-state index contributed by atoms with van der Waals surface area (Å²) in [7, 11) is -3.41. The van der Waals surface area contributed by atoms with Crippen molar-refractivity contribution in [1.82, 2.24) is 9.62 Å². The summed E-state index contributed by atoms with van der Waals surface area (Å²) in [5, 5.41) is 2.84. The fourth-order valence-electron chi connectivity index (χ4n) is 3.30. The molecule has 0 spiro atoms. The van der Waals surface area contributed by atoms with Gasteiger partial charge in [0, 0.05) is 19.5 Å². The van der Waals surface area contributed by atoms with Gasteiger partial charge in [-0.15, -0.1) is 0 Å². The fraction of sp³-hybridized carbons (Fsp3) is 0.409. The second-order valence-electron chi connectivity index (χ2n) is 7.12. The third-order valence-corrected chi connectivity index (χ3v) is 6.87. The summed E-state index contributed by atoms with van der Waals surface area (Å²) >= 11 is 0. The molecule has 3 rings (SSSR count). The van der Waals surface area contributed by atoms with Gasteiger partial charge in [0.25, 0.3) is 0 Å². The maximum absolute atomic E-state index is 12.7. The summed E-state index contributed by atoms with van der Waals surface area (Å²) in [6, 6.07) is 16.3. The average molecular weight is 417 g/mol. The van der Waals surface area contributed by atoms with E-state index in [2.05, 4.69) is 5.32 Å². The van der Waals surface area contributed by atoms with E-state index in [-0.39, 0.29) is 5.91 Å². The molecule has 29 heavy (non-hydrogen) atoms. The Morgan fingerprint density at radius 1 is 0.966 bits per heavy atom. The maximum atomic E-state index is 12.7. The van der Waals surface area contributed by atoms with E-state index in [1.165, 1.54) is 0 Å². The molecule has 1 amide bonds. The highest BCUT2D eigenvalue weighted by Crippen LogP contribution is 2.21. The second-order valence-corrected chi connectivity index (χ2v) is 9.06. The van der Waals surface area contributed by atoms with E-state index < -0.39 is 10.0 Å². The highest BCUT2D eigenvalue weighted by Gasteiger charge is 2.25. The number of benzene rings is 2. The van der Waals surface area contributed by atoms with Crippen LogP contribution in [0.1, 0.15) is 31.2 Å². The van der Waals surface area contributed by atoms with Crippen molar-refractivity contribution < 1.29 is 17.9 Å². The summed E-state index contributed by atoms with van der Waals surface area (Å²) in [5.74, 6) is 0.730. The molecule has 1 fully saturated rings. The first kappa shape index (κ1) is 21.3. The third kappa shape index (κ3) is 6.30. The Labute approximate surface area is 172 Å². The van der Waals surface area contributed by atoms with Gasteiger partial charge in [0.2, 0.25) is 15.9 Å². The largest absolute Gasteiger partial charge is 0.492 e. The van der Waals surface area contributed by atoms with E-state index in [1.54, 1.807) is 28.6 Å². The summed E-state index contributed by atoms with van der Waals surface area (Å²) < 4.78 is 32.4. The van der Waals surface area contributed by atoms with E-state index in [0.29, 0.717) is 44.0 Å². The SMILES string of the molecule is O=C(CCc1ccc(S(=O)(=O)N2CCCCC2)cc1)NCCOc1ccccc1. The Kier molecular flexibility index (Phi) is 7.66. The molecule has 2 aromatic rings. The predicted molar refractivity (Wildman–Crippen MR) is 112 cm³/mol. The second kappa shape index (κ2) is 10.4. The normalized spacial score (nSPS) is 15.0. The van der Waals surface area contributed by atoms with Gasteiger partial charge in [0.1, 0.15) is 12.4 Å². The lowest BCUT2D eigenvalue weighted by Gasteiger charge is -2.25. The number of piperidine rings is 1. The van der Waals surface area contributed by atoms with Crippen LogP contribution in [-0.2, 0) is 21.2 Å². The number of carbonyl (C=O) groups is 1. The van der Waals surface area contributed by atoms with Crippen LogP contribution in [0.25, 0.3) is 0 Å². The lowest BCUT2D eigenvalue weighted by atomic mass is 10.1. The molecule has 0 unspecified atom stereocenters. The summed E-state index contributed by atoms with van der Waals surface area (Å²) in [4.78, 5) is 12.3. The van der Waals surface area contributed by atoms with Crippen LogP contribution in [0.3, 0.4) is 0 Å². The van der Waals surface area contributed by atoms with Crippen LogP contribution >= 0.6 is 0 Å². The Balaban J connectivity index is 1.41. The molecule has 1 aliphatic rings. The fourth-order valence-corrected chi connectivity index (χ4v) is 4.82. The number of amides is 1.